The average molecular weight is 232 g/mol. The van der Waals surface area contributed by atoms with Gasteiger partial charge in [0.1, 0.15) is 0 Å². The monoisotopic (exact) mass is 232 g/mol. The molecule has 0 bridgehead atoms. The van der Waals surface area contributed by atoms with Crippen LogP contribution in [0.1, 0.15) is 18.2 Å². The van der Waals surface area contributed by atoms with Crippen molar-refractivity contribution in [3.63, 3.8) is 0 Å². The van der Waals surface area contributed by atoms with Gasteiger partial charge >= 0.3 is 0 Å². The molecule has 1 atom stereocenters. The molecule has 0 fully saturated rings. The van der Waals surface area contributed by atoms with E-state index >= 15 is 0 Å². The number of nitrogens with two attached hydrogens (primary N) is 1. The van der Waals surface area contributed by atoms with Gasteiger partial charge in [0.05, 0.1) is 6.20 Å². The lowest BCUT2D eigenvalue weighted by atomic mass is 10.2. The lowest BCUT2D eigenvalue weighted by molar-refractivity contribution is 0.626. The molecule has 0 spiro atoms. The summed E-state index contributed by atoms with van der Waals surface area (Å²) >= 11 is 0. The molecule has 92 valence electrons. The smallest absolute Gasteiger partial charge is 0.0522 e. The molecule has 0 aliphatic rings. The Morgan fingerprint density at radius 2 is 2.29 bits per heavy atom. The van der Waals surface area contributed by atoms with E-state index in [0.29, 0.717) is 0 Å². The molecule has 0 aliphatic heterocycles. The molecule has 0 saturated carbocycles. The largest absolute Gasteiger partial charge is 0.351 e. The first-order valence-corrected chi connectivity index (χ1v) is 6.02. The van der Waals surface area contributed by atoms with Crippen LogP contribution >= 0.6 is 0 Å². The second-order valence-corrected chi connectivity index (χ2v) is 4.65. The Kier molecular flexibility index (Phi) is 3.64. The number of hydrogen-bond acceptors (Lipinski definition) is 2. The van der Waals surface area contributed by atoms with Crippen molar-refractivity contribution >= 4 is 0 Å². The Hall–Kier alpha value is -1.55. The van der Waals surface area contributed by atoms with E-state index < -0.39 is 0 Å². The Labute approximate surface area is 102 Å². The Morgan fingerprint density at radius 1 is 1.47 bits per heavy atom. The summed E-state index contributed by atoms with van der Waals surface area (Å²) in [7, 11) is 1.95. The minimum atomic E-state index is 0.210. The second-order valence-electron chi connectivity index (χ2n) is 4.65. The fourth-order valence-electron chi connectivity index (χ4n) is 2.03. The van der Waals surface area contributed by atoms with E-state index in [1.54, 1.807) is 0 Å². The normalized spacial score (nSPS) is 12.9. The highest BCUT2D eigenvalue weighted by molar-refractivity contribution is 5.10. The topological polar surface area (TPSA) is 48.8 Å². The van der Waals surface area contributed by atoms with Gasteiger partial charge in [-0.3, -0.25) is 4.68 Å². The Bertz CT molecular complexity index is 467. The van der Waals surface area contributed by atoms with Gasteiger partial charge in [-0.2, -0.15) is 5.10 Å². The summed E-state index contributed by atoms with van der Waals surface area (Å²) in [6.07, 6.45) is 8.05. The van der Waals surface area contributed by atoms with Gasteiger partial charge in [0.2, 0.25) is 0 Å². The maximum absolute atomic E-state index is 5.84. The molecule has 1 unspecified atom stereocenters. The molecule has 0 aliphatic carbocycles. The Balaban J connectivity index is 1.97. The van der Waals surface area contributed by atoms with Crippen molar-refractivity contribution in [3.05, 3.63) is 42.0 Å². The summed E-state index contributed by atoms with van der Waals surface area (Å²) < 4.78 is 4.12. The van der Waals surface area contributed by atoms with Gasteiger partial charge in [-0.15, -0.1) is 0 Å². The zero-order chi connectivity index (χ0) is 12.3. The summed E-state index contributed by atoms with van der Waals surface area (Å²) in [6.45, 7) is 3.03. The highest BCUT2D eigenvalue weighted by Gasteiger charge is 2.04. The quantitative estimate of drug-likeness (QED) is 0.846. The maximum Gasteiger partial charge on any atom is 0.0522 e. The number of nitrogens with zero attached hydrogens (tertiary/aromatic N) is 3. The van der Waals surface area contributed by atoms with E-state index in [2.05, 4.69) is 34.2 Å². The van der Waals surface area contributed by atoms with Crippen molar-refractivity contribution in [1.82, 2.24) is 14.3 Å². The van der Waals surface area contributed by atoms with Crippen LogP contribution in [0, 0.1) is 0 Å². The molecule has 4 heteroatoms. The molecule has 0 saturated heterocycles. The lowest BCUT2D eigenvalue weighted by Crippen LogP contribution is -2.20. The first kappa shape index (κ1) is 11.9. The minimum absolute atomic E-state index is 0.210. The zero-order valence-corrected chi connectivity index (χ0v) is 10.5. The summed E-state index contributed by atoms with van der Waals surface area (Å²) in [5.41, 5.74) is 8.42. The van der Waals surface area contributed by atoms with Gasteiger partial charge in [-0.25, -0.2) is 0 Å². The van der Waals surface area contributed by atoms with Crippen molar-refractivity contribution in [2.24, 2.45) is 12.8 Å². The van der Waals surface area contributed by atoms with Gasteiger partial charge in [0.25, 0.3) is 0 Å². The first-order valence-electron chi connectivity index (χ1n) is 6.02. The highest BCUT2D eigenvalue weighted by Crippen LogP contribution is 2.07. The van der Waals surface area contributed by atoms with E-state index in [-0.39, 0.29) is 6.04 Å². The van der Waals surface area contributed by atoms with E-state index in [4.69, 9.17) is 5.73 Å². The molecular weight excluding hydrogens is 212 g/mol. The molecule has 4 nitrogen and oxygen atoms in total. The van der Waals surface area contributed by atoms with E-state index in [0.717, 1.165) is 19.4 Å². The third-order valence-corrected chi connectivity index (χ3v) is 2.85. The highest BCUT2D eigenvalue weighted by atomic mass is 15.2. The van der Waals surface area contributed by atoms with Gasteiger partial charge in [0.15, 0.2) is 0 Å². The van der Waals surface area contributed by atoms with Gasteiger partial charge in [-0.05, 0) is 31.0 Å². The molecule has 2 aromatic rings. The SMILES string of the molecule is CC(N)Cc1cccn1CCc1cnn(C)c1. The molecular formula is C13H20N4. The third-order valence-electron chi connectivity index (χ3n) is 2.85. The van der Waals surface area contributed by atoms with Crippen LogP contribution in [0.15, 0.2) is 30.7 Å². The second kappa shape index (κ2) is 5.19. The van der Waals surface area contributed by atoms with Crippen LogP contribution in [0.3, 0.4) is 0 Å². The standard InChI is InChI=1S/C13H20N4/c1-11(14)8-13-4-3-6-17(13)7-5-12-9-15-16(2)10-12/h3-4,6,9-11H,5,7-8,14H2,1-2H3. The molecule has 0 aromatic carbocycles. The van der Waals surface area contributed by atoms with Gasteiger partial charge in [0, 0.05) is 44.1 Å². The van der Waals surface area contributed by atoms with Crippen molar-refractivity contribution in [3.8, 4) is 0 Å². The predicted octanol–water partition coefficient (Wildman–Crippen LogP) is 1.35. The number of rotatable bonds is 5. The molecule has 2 rings (SSSR count). The van der Waals surface area contributed by atoms with Crippen LogP contribution in [0.2, 0.25) is 0 Å². The van der Waals surface area contributed by atoms with E-state index in [1.165, 1.54) is 11.3 Å². The zero-order valence-electron chi connectivity index (χ0n) is 10.5. The lowest BCUT2D eigenvalue weighted by Gasteiger charge is -2.10. The van der Waals surface area contributed by atoms with Crippen LogP contribution in [0.4, 0.5) is 0 Å². The van der Waals surface area contributed by atoms with Crippen molar-refractivity contribution in [2.45, 2.75) is 32.4 Å². The fraction of sp³-hybridized carbons (Fsp3) is 0.462. The first-order chi connectivity index (χ1) is 8.15. The summed E-state index contributed by atoms with van der Waals surface area (Å²) in [4.78, 5) is 0. The molecule has 2 aromatic heterocycles. The molecule has 0 radical (unpaired) electrons. The molecule has 2 heterocycles. The van der Waals surface area contributed by atoms with Gasteiger partial charge in [-0.1, -0.05) is 0 Å². The average Bonchev–Trinajstić information content (AvgIpc) is 2.84. The molecule has 2 N–H and O–H groups in total. The van der Waals surface area contributed by atoms with Gasteiger partial charge < -0.3 is 10.3 Å². The summed E-state index contributed by atoms with van der Waals surface area (Å²) in [6, 6.07) is 4.44. The van der Waals surface area contributed by atoms with E-state index in [1.807, 2.05) is 24.9 Å². The van der Waals surface area contributed by atoms with Crippen molar-refractivity contribution in [1.29, 1.82) is 0 Å². The number of aromatic nitrogens is 3. The van der Waals surface area contributed by atoms with Crippen LogP contribution in [0.5, 0.6) is 0 Å². The minimum Gasteiger partial charge on any atom is -0.351 e. The van der Waals surface area contributed by atoms with Crippen LogP contribution in [-0.4, -0.2) is 20.4 Å². The molecule has 0 amide bonds. The summed E-state index contributed by atoms with van der Waals surface area (Å²) in [5.74, 6) is 0. The summed E-state index contributed by atoms with van der Waals surface area (Å²) in [5, 5.41) is 4.17. The van der Waals surface area contributed by atoms with Crippen molar-refractivity contribution < 1.29 is 0 Å². The maximum atomic E-state index is 5.84. The predicted molar refractivity (Wildman–Crippen MR) is 68.7 cm³/mol. The van der Waals surface area contributed by atoms with E-state index in [9.17, 15) is 0 Å². The van der Waals surface area contributed by atoms with Crippen LogP contribution < -0.4 is 5.73 Å². The van der Waals surface area contributed by atoms with Crippen LogP contribution in [-0.2, 0) is 26.4 Å². The molecule has 17 heavy (non-hydrogen) atoms. The number of aryl methyl sites for hydroxylation is 3. The van der Waals surface area contributed by atoms with Crippen LogP contribution in [0.25, 0.3) is 0 Å². The van der Waals surface area contributed by atoms with Crippen molar-refractivity contribution in [2.75, 3.05) is 0 Å². The Morgan fingerprint density at radius 3 is 2.94 bits per heavy atom. The number of hydrogen-bond donors (Lipinski definition) is 1. The fourth-order valence-corrected chi connectivity index (χ4v) is 2.03. The third kappa shape index (κ3) is 3.20.